The average Bonchev–Trinajstić information content (AvgIpc) is 2.83. The van der Waals surface area contributed by atoms with Crippen LogP contribution in [0.15, 0.2) is 17.0 Å². The van der Waals surface area contributed by atoms with Crippen molar-refractivity contribution in [3.8, 4) is 5.75 Å². The van der Waals surface area contributed by atoms with Gasteiger partial charge in [-0.3, -0.25) is 0 Å². The molecule has 1 aliphatic heterocycles. The molecule has 2 rings (SSSR count). The first-order valence-electron chi connectivity index (χ1n) is 6.01. The van der Waals surface area contributed by atoms with E-state index in [9.17, 15) is 8.42 Å². The Bertz CT molecular complexity index is 569. The van der Waals surface area contributed by atoms with Crippen molar-refractivity contribution in [3.05, 3.63) is 22.7 Å². The summed E-state index contributed by atoms with van der Waals surface area (Å²) in [7, 11) is -2.05. The minimum Gasteiger partial charge on any atom is -0.495 e. The molecule has 0 amide bonds. The molecule has 0 aromatic heterocycles. The third-order valence-electron chi connectivity index (χ3n) is 3.12. The van der Waals surface area contributed by atoms with Crippen LogP contribution >= 0.6 is 11.6 Å². The van der Waals surface area contributed by atoms with Crippen molar-refractivity contribution in [2.45, 2.75) is 24.3 Å². The first-order chi connectivity index (χ1) is 8.94. The summed E-state index contributed by atoms with van der Waals surface area (Å²) < 4.78 is 32.4. The van der Waals surface area contributed by atoms with E-state index in [1.54, 1.807) is 13.0 Å². The summed E-state index contributed by atoms with van der Waals surface area (Å²) in [5.74, 6) is 0.473. The van der Waals surface area contributed by atoms with Gasteiger partial charge in [-0.25, -0.2) is 13.1 Å². The minimum atomic E-state index is -3.55. The number of hydrogen-bond donors (Lipinski definition) is 2. The molecule has 1 heterocycles. The third-order valence-corrected chi connectivity index (χ3v) is 5.08. The summed E-state index contributed by atoms with van der Waals surface area (Å²) >= 11 is 5.99. The van der Waals surface area contributed by atoms with Crippen molar-refractivity contribution < 1.29 is 13.2 Å². The summed E-state index contributed by atoms with van der Waals surface area (Å²) in [5.41, 5.74) is 0.611. The Morgan fingerprint density at radius 3 is 2.79 bits per heavy atom. The van der Waals surface area contributed by atoms with Crippen molar-refractivity contribution >= 4 is 21.6 Å². The number of aryl methyl sites for hydroxylation is 1. The predicted octanol–water partition coefficient (Wildman–Crippen LogP) is 1.30. The van der Waals surface area contributed by atoms with Crippen LogP contribution in [0.5, 0.6) is 5.75 Å². The lowest BCUT2D eigenvalue weighted by Crippen LogP contribution is -2.36. The predicted molar refractivity (Wildman–Crippen MR) is 74.3 cm³/mol. The second-order valence-electron chi connectivity index (χ2n) is 4.56. The zero-order valence-electron chi connectivity index (χ0n) is 10.9. The molecule has 1 aliphatic rings. The fourth-order valence-corrected chi connectivity index (χ4v) is 3.95. The molecule has 0 spiro atoms. The molecule has 19 heavy (non-hydrogen) atoms. The number of methoxy groups -OCH3 is 1. The normalized spacial score (nSPS) is 19.6. The van der Waals surface area contributed by atoms with E-state index < -0.39 is 10.0 Å². The third kappa shape index (κ3) is 3.20. The van der Waals surface area contributed by atoms with Crippen LogP contribution in [0.2, 0.25) is 5.02 Å². The highest BCUT2D eigenvalue weighted by Crippen LogP contribution is 2.30. The Morgan fingerprint density at radius 1 is 1.47 bits per heavy atom. The molecule has 0 saturated carbocycles. The molecule has 1 fully saturated rings. The maximum atomic E-state index is 12.3. The highest BCUT2D eigenvalue weighted by molar-refractivity contribution is 7.89. The van der Waals surface area contributed by atoms with Crippen LogP contribution < -0.4 is 14.8 Å². The maximum absolute atomic E-state index is 12.3. The van der Waals surface area contributed by atoms with Gasteiger partial charge in [-0.15, -0.1) is 0 Å². The highest BCUT2D eigenvalue weighted by Gasteiger charge is 2.25. The van der Waals surface area contributed by atoms with E-state index >= 15 is 0 Å². The quantitative estimate of drug-likeness (QED) is 0.880. The van der Waals surface area contributed by atoms with E-state index in [4.69, 9.17) is 16.3 Å². The van der Waals surface area contributed by atoms with Crippen molar-refractivity contribution in [3.63, 3.8) is 0 Å². The molecule has 7 heteroatoms. The molecular weight excluding hydrogens is 288 g/mol. The fourth-order valence-electron chi connectivity index (χ4n) is 2.12. The summed E-state index contributed by atoms with van der Waals surface area (Å²) in [6.45, 7) is 3.21. The number of sulfonamides is 1. The SMILES string of the molecule is COc1cc(C)c(S(=O)(=O)NC2CCNC2)cc1Cl. The Labute approximate surface area is 118 Å². The molecule has 1 aromatic rings. The van der Waals surface area contributed by atoms with Gasteiger partial charge in [0, 0.05) is 12.6 Å². The smallest absolute Gasteiger partial charge is 0.241 e. The summed E-state index contributed by atoms with van der Waals surface area (Å²) in [6.07, 6.45) is 0.794. The van der Waals surface area contributed by atoms with Gasteiger partial charge in [0.15, 0.2) is 0 Å². The van der Waals surface area contributed by atoms with E-state index in [1.165, 1.54) is 13.2 Å². The van der Waals surface area contributed by atoms with Crippen LogP contribution in [0.3, 0.4) is 0 Å². The molecule has 0 aliphatic carbocycles. The van der Waals surface area contributed by atoms with Gasteiger partial charge >= 0.3 is 0 Å². The topological polar surface area (TPSA) is 67.4 Å². The average molecular weight is 305 g/mol. The van der Waals surface area contributed by atoms with Crippen LogP contribution in [-0.2, 0) is 10.0 Å². The summed E-state index contributed by atoms with van der Waals surface area (Å²) in [5, 5.41) is 3.41. The fraction of sp³-hybridized carbons (Fsp3) is 0.500. The van der Waals surface area contributed by atoms with Crippen molar-refractivity contribution in [1.82, 2.24) is 10.0 Å². The lowest BCUT2D eigenvalue weighted by Gasteiger charge is -2.15. The molecular formula is C12H17ClN2O3S. The lowest BCUT2D eigenvalue weighted by atomic mass is 10.2. The van der Waals surface area contributed by atoms with Gasteiger partial charge in [-0.1, -0.05) is 11.6 Å². The Hall–Kier alpha value is -0.820. The number of hydrogen-bond acceptors (Lipinski definition) is 4. The molecule has 2 N–H and O–H groups in total. The lowest BCUT2D eigenvalue weighted by molar-refractivity contribution is 0.414. The van der Waals surface area contributed by atoms with Gasteiger partial charge in [0.2, 0.25) is 10.0 Å². The van der Waals surface area contributed by atoms with Gasteiger partial charge in [0.25, 0.3) is 0 Å². The van der Waals surface area contributed by atoms with Crippen molar-refractivity contribution in [1.29, 1.82) is 0 Å². The number of benzene rings is 1. The zero-order chi connectivity index (χ0) is 14.0. The van der Waals surface area contributed by atoms with Crippen LogP contribution in [0.25, 0.3) is 0 Å². The molecule has 0 bridgehead atoms. The van der Waals surface area contributed by atoms with Crippen LogP contribution in [0.4, 0.5) is 0 Å². The van der Waals surface area contributed by atoms with Crippen molar-refractivity contribution in [2.75, 3.05) is 20.2 Å². The molecule has 1 aromatic carbocycles. The van der Waals surface area contributed by atoms with Gasteiger partial charge in [-0.2, -0.15) is 0 Å². The van der Waals surface area contributed by atoms with Gasteiger partial charge < -0.3 is 10.1 Å². The summed E-state index contributed by atoms with van der Waals surface area (Å²) in [6, 6.07) is 3.00. The Balaban J connectivity index is 2.31. The van der Waals surface area contributed by atoms with Crippen LogP contribution in [-0.4, -0.2) is 34.7 Å². The van der Waals surface area contributed by atoms with Crippen molar-refractivity contribution in [2.24, 2.45) is 0 Å². The monoisotopic (exact) mass is 304 g/mol. The van der Waals surface area contributed by atoms with E-state index in [2.05, 4.69) is 10.0 Å². The number of halogens is 1. The van der Waals surface area contributed by atoms with E-state index in [-0.39, 0.29) is 16.0 Å². The number of nitrogens with one attached hydrogen (secondary N) is 2. The van der Waals surface area contributed by atoms with E-state index in [1.807, 2.05) is 0 Å². The van der Waals surface area contributed by atoms with Crippen LogP contribution in [0, 0.1) is 6.92 Å². The molecule has 5 nitrogen and oxygen atoms in total. The van der Waals surface area contributed by atoms with Gasteiger partial charge in [0.1, 0.15) is 5.75 Å². The largest absolute Gasteiger partial charge is 0.495 e. The Kier molecular flexibility index (Phi) is 4.35. The molecule has 1 atom stereocenters. The second-order valence-corrected chi connectivity index (χ2v) is 6.65. The minimum absolute atomic E-state index is 0.0646. The highest BCUT2D eigenvalue weighted by atomic mass is 35.5. The Morgan fingerprint density at radius 2 is 2.21 bits per heavy atom. The van der Waals surface area contributed by atoms with Gasteiger partial charge in [-0.05, 0) is 37.6 Å². The number of rotatable bonds is 4. The number of ether oxygens (including phenoxy) is 1. The first kappa shape index (κ1) is 14.6. The zero-order valence-corrected chi connectivity index (χ0v) is 12.4. The molecule has 0 radical (unpaired) electrons. The summed E-state index contributed by atoms with van der Waals surface area (Å²) in [4.78, 5) is 0.199. The van der Waals surface area contributed by atoms with E-state index in [0.29, 0.717) is 17.9 Å². The van der Waals surface area contributed by atoms with E-state index in [0.717, 1.165) is 13.0 Å². The standard InChI is InChI=1S/C12H17ClN2O3S/c1-8-5-11(18-2)10(13)6-12(8)19(16,17)15-9-3-4-14-7-9/h5-6,9,14-15H,3-4,7H2,1-2H3. The molecule has 1 saturated heterocycles. The second kappa shape index (κ2) is 5.66. The van der Waals surface area contributed by atoms with Gasteiger partial charge in [0.05, 0.1) is 17.0 Å². The molecule has 106 valence electrons. The first-order valence-corrected chi connectivity index (χ1v) is 7.87. The maximum Gasteiger partial charge on any atom is 0.241 e. The van der Waals surface area contributed by atoms with Crippen LogP contribution in [0.1, 0.15) is 12.0 Å². The molecule has 1 unspecified atom stereocenters.